The van der Waals surface area contributed by atoms with Crippen molar-refractivity contribution >= 4 is 34.5 Å². The van der Waals surface area contributed by atoms with Crippen LogP contribution < -0.4 is 4.74 Å². The van der Waals surface area contributed by atoms with Crippen molar-refractivity contribution in [3.8, 4) is 27.6 Å². The van der Waals surface area contributed by atoms with Gasteiger partial charge in [-0.3, -0.25) is 0 Å². The molecule has 0 saturated heterocycles. The van der Waals surface area contributed by atoms with Gasteiger partial charge in [0.1, 0.15) is 5.75 Å². The Morgan fingerprint density at radius 2 is 2.04 bits per heavy atom. The first-order valence-corrected chi connectivity index (χ1v) is 9.54. The Morgan fingerprint density at radius 1 is 1.20 bits per heavy atom. The van der Waals surface area contributed by atoms with Crippen LogP contribution in [-0.4, -0.2) is 22.1 Å². The fraction of sp³-hybridized carbons (Fsp3) is 0.278. The molecule has 0 spiro atoms. The third-order valence-corrected chi connectivity index (χ3v) is 5.71. The molecule has 3 aromatic rings. The first-order valence-electron chi connectivity index (χ1n) is 7.96. The van der Waals surface area contributed by atoms with Crippen LogP contribution in [0.4, 0.5) is 0 Å². The number of thiazole rings is 1. The number of nitrogens with zero attached hydrogens (tertiary/aromatic N) is 3. The summed E-state index contributed by atoms with van der Waals surface area (Å²) in [5.41, 5.74) is 2.61. The lowest BCUT2D eigenvalue weighted by Gasteiger charge is -2.06. The lowest BCUT2D eigenvalue weighted by atomic mass is 10.1. The largest absolute Gasteiger partial charge is 0.495 e. The Kier molecular flexibility index (Phi) is 4.63. The topological polar surface area (TPSA) is 47.9 Å². The summed E-state index contributed by atoms with van der Waals surface area (Å²) >= 11 is 13.8. The van der Waals surface area contributed by atoms with Crippen LogP contribution in [0.5, 0.6) is 5.75 Å². The Morgan fingerprint density at radius 3 is 2.76 bits per heavy atom. The molecule has 0 radical (unpaired) electrons. The number of aromatic nitrogens is 3. The average molecular weight is 392 g/mol. The van der Waals surface area contributed by atoms with Gasteiger partial charge in [0.25, 0.3) is 0 Å². The normalized spacial score (nSPS) is 13.9. The third kappa shape index (κ3) is 3.64. The van der Waals surface area contributed by atoms with E-state index in [-0.39, 0.29) is 5.28 Å². The van der Waals surface area contributed by atoms with Gasteiger partial charge in [-0.15, -0.1) is 11.3 Å². The van der Waals surface area contributed by atoms with E-state index in [9.17, 15) is 0 Å². The van der Waals surface area contributed by atoms with E-state index in [1.807, 2.05) is 24.3 Å². The summed E-state index contributed by atoms with van der Waals surface area (Å²) in [6.07, 6.45) is 5.26. The van der Waals surface area contributed by atoms with Crippen LogP contribution in [-0.2, 0) is 6.42 Å². The number of benzene rings is 1. The predicted octanol–water partition coefficient (Wildman–Crippen LogP) is 5.54. The molecule has 1 fully saturated rings. The van der Waals surface area contributed by atoms with Gasteiger partial charge < -0.3 is 4.74 Å². The van der Waals surface area contributed by atoms with E-state index in [0.29, 0.717) is 10.8 Å². The highest BCUT2D eigenvalue weighted by Crippen LogP contribution is 2.41. The molecular weight excluding hydrogens is 377 g/mol. The molecule has 0 atom stereocenters. The molecule has 1 aliphatic rings. The van der Waals surface area contributed by atoms with Crippen molar-refractivity contribution < 1.29 is 4.74 Å². The lowest BCUT2D eigenvalue weighted by Crippen LogP contribution is -1.90. The third-order valence-electron chi connectivity index (χ3n) is 4.12. The summed E-state index contributed by atoms with van der Waals surface area (Å²) in [5.74, 6) is 1.39. The van der Waals surface area contributed by atoms with Crippen LogP contribution in [0.15, 0.2) is 30.5 Å². The van der Waals surface area contributed by atoms with Crippen molar-refractivity contribution in [3.63, 3.8) is 0 Å². The number of rotatable bonds is 5. The number of hydrogen-bond donors (Lipinski definition) is 0. The van der Waals surface area contributed by atoms with E-state index in [4.69, 9.17) is 32.9 Å². The number of ether oxygens (including phenoxy) is 1. The summed E-state index contributed by atoms with van der Waals surface area (Å²) < 4.78 is 5.35. The van der Waals surface area contributed by atoms with Crippen molar-refractivity contribution in [2.75, 3.05) is 7.11 Å². The molecule has 1 aliphatic carbocycles. The standard InChI is InChI=1S/C18H15Cl2N3OS/c1-24-14-9-11(4-5-12(14)19)16-17(13-6-7-21-18(20)22-13)25-15(23-16)8-10-2-3-10/h4-7,9-10H,2-3,8H2,1H3. The van der Waals surface area contributed by atoms with Crippen molar-refractivity contribution in [3.05, 3.63) is 45.8 Å². The second-order valence-electron chi connectivity index (χ2n) is 5.99. The highest BCUT2D eigenvalue weighted by atomic mass is 35.5. The van der Waals surface area contributed by atoms with Crippen LogP contribution in [0.25, 0.3) is 21.8 Å². The lowest BCUT2D eigenvalue weighted by molar-refractivity contribution is 0.415. The summed E-state index contributed by atoms with van der Waals surface area (Å²) in [6, 6.07) is 7.54. The summed E-state index contributed by atoms with van der Waals surface area (Å²) in [5, 5.41) is 1.93. The Labute approximate surface area is 159 Å². The van der Waals surface area contributed by atoms with Crippen molar-refractivity contribution in [2.24, 2.45) is 5.92 Å². The first kappa shape index (κ1) is 16.8. The summed E-state index contributed by atoms with van der Waals surface area (Å²) in [7, 11) is 1.61. The molecule has 128 valence electrons. The molecule has 1 aromatic carbocycles. The van der Waals surface area contributed by atoms with Crippen LogP contribution >= 0.6 is 34.5 Å². The zero-order chi connectivity index (χ0) is 17.4. The Hall–Kier alpha value is -1.69. The van der Waals surface area contributed by atoms with E-state index in [2.05, 4.69) is 9.97 Å². The molecule has 1 saturated carbocycles. The van der Waals surface area contributed by atoms with E-state index in [1.54, 1.807) is 24.6 Å². The number of halogens is 2. The van der Waals surface area contributed by atoms with E-state index in [1.165, 1.54) is 12.8 Å². The highest BCUT2D eigenvalue weighted by Gasteiger charge is 2.25. The quantitative estimate of drug-likeness (QED) is 0.536. The highest BCUT2D eigenvalue weighted by molar-refractivity contribution is 7.15. The maximum atomic E-state index is 6.16. The maximum absolute atomic E-state index is 6.16. The second-order valence-corrected chi connectivity index (χ2v) is 7.82. The molecule has 7 heteroatoms. The molecule has 0 amide bonds. The molecule has 2 heterocycles. The maximum Gasteiger partial charge on any atom is 0.222 e. The van der Waals surface area contributed by atoms with Crippen LogP contribution in [0.1, 0.15) is 17.8 Å². The van der Waals surface area contributed by atoms with E-state index < -0.39 is 0 Å². The SMILES string of the molecule is COc1cc(-c2nc(CC3CC3)sc2-c2ccnc(Cl)n2)ccc1Cl. The van der Waals surface area contributed by atoms with Gasteiger partial charge in [-0.05, 0) is 48.6 Å². The van der Waals surface area contributed by atoms with Gasteiger partial charge in [0.05, 0.1) is 33.4 Å². The smallest absolute Gasteiger partial charge is 0.222 e. The van der Waals surface area contributed by atoms with Crippen molar-refractivity contribution in [1.29, 1.82) is 0 Å². The van der Waals surface area contributed by atoms with Gasteiger partial charge in [0.2, 0.25) is 5.28 Å². The minimum absolute atomic E-state index is 0.231. The fourth-order valence-corrected chi connectivity index (χ4v) is 4.17. The predicted molar refractivity (Wildman–Crippen MR) is 102 cm³/mol. The molecular formula is C18H15Cl2N3OS. The van der Waals surface area contributed by atoms with E-state index >= 15 is 0 Å². The van der Waals surface area contributed by atoms with Crippen molar-refractivity contribution in [2.45, 2.75) is 19.3 Å². The summed E-state index contributed by atoms with van der Waals surface area (Å²) in [6.45, 7) is 0. The van der Waals surface area contributed by atoms with Crippen molar-refractivity contribution in [1.82, 2.24) is 15.0 Å². The van der Waals surface area contributed by atoms with Gasteiger partial charge in [0, 0.05) is 18.2 Å². The van der Waals surface area contributed by atoms with Gasteiger partial charge in [-0.1, -0.05) is 17.7 Å². The van der Waals surface area contributed by atoms with Gasteiger partial charge in [0.15, 0.2) is 0 Å². The minimum Gasteiger partial charge on any atom is -0.495 e. The zero-order valence-electron chi connectivity index (χ0n) is 13.5. The minimum atomic E-state index is 0.231. The van der Waals surface area contributed by atoms with Gasteiger partial charge in [-0.25, -0.2) is 15.0 Å². The molecule has 4 rings (SSSR count). The van der Waals surface area contributed by atoms with Gasteiger partial charge in [-0.2, -0.15) is 0 Å². The molecule has 2 aromatic heterocycles. The first-order chi connectivity index (χ1) is 12.1. The van der Waals surface area contributed by atoms with Crippen LogP contribution in [0.2, 0.25) is 10.3 Å². The number of methoxy groups -OCH3 is 1. The molecule has 0 bridgehead atoms. The number of hydrogen-bond acceptors (Lipinski definition) is 5. The average Bonchev–Trinajstić information content (AvgIpc) is 3.32. The van der Waals surface area contributed by atoms with Crippen LogP contribution in [0.3, 0.4) is 0 Å². The molecule has 0 unspecified atom stereocenters. The zero-order valence-corrected chi connectivity index (χ0v) is 15.8. The molecule has 0 N–H and O–H groups in total. The monoisotopic (exact) mass is 391 g/mol. The summed E-state index contributed by atoms with van der Waals surface area (Å²) in [4.78, 5) is 14.2. The van der Waals surface area contributed by atoms with E-state index in [0.717, 1.165) is 39.2 Å². The molecule has 4 nitrogen and oxygen atoms in total. The Bertz CT molecular complexity index is 924. The van der Waals surface area contributed by atoms with Gasteiger partial charge >= 0.3 is 0 Å². The second kappa shape index (κ2) is 6.90. The Balaban J connectivity index is 1.83. The molecule has 0 aliphatic heterocycles. The molecule has 25 heavy (non-hydrogen) atoms. The van der Waals surface area contributed by atoms with Crippen LogP contribution in [0, 0.1) is 5.92 Å². The fourth-order valence-electron chi connectivity index (χ4n) is 2.66.